The molecule has 0 fully saturated rings. The molecule has 0 atom stereocenters. The molecule has 1 N–H and O–H groups in total. The molecule has 0 aromatic heterocycles. The largest absolute Gasteiger partial charge is 0.380 e. The van der Waals surface area contributed by atoms with Crippen LogP contribution in [-0.2, 0) is 27.7 Å². The third kappa shape index (κ3) is 5.62. The lowest BCUT2D eigenvalue weighted by atomic mass is 10.1. The predicted octanol–water partition coefficient (Wildman–Crippen LogP) is 1.36. The van der Waals surface area contributed by atoms with Gasteiger partial charge in [0, 0.05) is 26.0 Å². The molecule has 0 heterocycles. The van der Waals surface area contributed by atoms with E-state index in [0.29, 0.717) is 19.7 Å². The Balaban J connectivity index is 2.31. The van der Waals surface area contributed by atoms with Crippen LogP contribution in [0.5, 0.6) is 0 Å². The summed E-state index contributed by atoms with van der Waals surface area (Å²) >= 11 is 0. The van der Waals surface area contributed by atoms with E-state index in [4.69, 9.17) is 4.74 Å². The zero-order valence-electron chi connectivity index (χ0n) is 11.0. The summed E-state index contributed by atoms with van der Waals surface area (Å²) in [5.41, 5.74) is 2.28. The number of hydrogen-bond acceptors (Lipinski definition) is 4. The topological polar surface area (TPSA) is 55.4 Å². The molecule has 1 rings (SSSR count). The van der Waals surface area contributed by atoms with Crippen LogP contribution in [-0.4, -0.2) is 33.6 Å². The van der Waals surface area contributed by atoms with Crippen molar-refractivity contribution in [3.8, 4) is 0 Å². The number of nitrogens with one attached hydrogen (secondary N) is 1. The summed E-state index contributed by atoms with van der Waals surface area (Å²) < 4.78 is 27.6. The first kappa shape index (κ1) is 15.1. The van der Waals surface area contributed by atoms with Gasteiger partial charge in [0.2, 0.25) is 0 Å². The highest BCUT2D eigenvalue weighted by atomic mass is 32.2. The average molecular weight is 271 g/mol. The lowest BCUT2D eigenvalue weighted by Crippen LogP contribution is -2.23. The summed E-state index contributed by atoms with van der Waals surface area (Å²) in [6.45, 7) is 3.47. The van der Waals surface area contributed by atoms with E-state index in [1.807, 2.05) is 24.3 Å². The van der Waals surface area contributed by atoms with Gasteiger partial charge >= 0.3 is 0 Å². The molecule has 0 aliphatic rings. The highest BCUT2D eigenvalue weighted by Gasteiger charge is 2.05. The molecule has 18 heavy (non-hydrogen) atoms. The first-order valence-corrected chi connectivity index (χ1v) is 7.87. The highest BCUT2D eigenvalue weighted by molar-refractivity contribution is 7.91. The number of rotatable bonds is 8. The molecule has 0 radical (unpaired) electrons. The molecule has 0 amide bonds. The van der Waals surface area contributed by atoms with Crippen molar-refractivity contribution in [2.75, 3.05) is 25.2 Å². The van der Waals surface area contributed by atoms with Crippen LogP contribution >= 0.6 is 0 Å². The molecule has 0 saturated carbocycles. The molecule has 102 valence electrons. The second-order valence-electron chi connectivity index (χ2n) is 4.16. The molecule has 0 aliphatic heterocycles. The van der Waals surface area contributed by atoms with E-state index in [0.717, 1.165) is 11.1 Å². The van der Waals surface area contributed by atoms with E-state index in [1.54, 1.807) is 14.0 Å². The van der Waals surface area contributed by atoms with Crippen molar-refractivity contribution in [2.24, 2.45) is 0 Å². The Morgan fingerprint density at radius 3 is 2.33 bits per heavy atom. The molecule has 1 aromatic carbocycles. The van der Waals surface area contributed by atoms with Crippen molar-refractivity contribution in [3.63, 3.8) is 0 Å². The Morgan fingerprint density at radius 1 is 1.17 bits per heavy atom. The third-order valence-electron chi connectivity index (χ3n) is 2.69. The maximum Gasteiger partial charge on any atom is 0.151 e. The minimum Gasteiger partial charge on any atom is -0.380 e. The van der Waals surface area contributed by atoms with E-state index in [-0.39, 0.29) is 11.5 Å². The van der Waals surface area contributed by atoms with Gasteiger partial charge in [-0.15, -0.1) is 0 Å². The first-order valence-electron chi connectivity index (χ1n) is 6.05. The highest BCUT2D eigenvalue weighted by Crippen LogP contribution is 2.05. The van der Waals surface area contributed by atoms with Gasteiger partial charge in [0.05, 0.1) is 12.4 Å². The SMILES string of the molecule is CCS(=O)(=O)CCNCc1ccc(COC)cc1. The van der Waals surface area contributed by atoms with Crippen molar-refractivity contribution in [2.45, 2.75) is 20.1 Å². The number of ether oxygens (including phenoxy) is 1. The maximum absolute atomic E-state index is 11.3. The Labute approximate surface area is 109 Å². The van der Waals surface area contributed by atoms with Crippen LogP contribution < -0.4 is 5.32 Å². The van der Waals surface area contributed by atoms with Crippen molar-refractivity contribution in [1.29, 1.82) is 0 Å². The fourth-order valence-corrected chi connectivity index (χ4v) is 2.27. The molecule has 0 spiro atoms. The van der Waals surface area contributed by atoms with Gasteiger partial charge < -0.3 is 10.1 Å². The van der Waals surface area contributed by atoms with Gasteiger partial charge in [0.1, 0.15) is 0 Å². The van der Waals surface area contributed by atoms with E-state index in [1.165, 1.54) is 0 Å². The Morgan fingerprint density at radius 2 is 1.78 bits per heavy atom. The van der Waals surface area contributed by atoms with Crippen molar-refractivity contribution in [1.82, 2.24) is 5.32 Å². The van der Waals surface area contributed by atoms with Crippen LogP contribution in [0.2, 0.25) is 0 Å². The molecule has 0 unspecified atom stereocenters. The molecular weight excluding hydrogens is 250 g/mol. The van der Waals surface area contributed by atoms with Crippen molar-refractivity contribution in [3.05, 3.63) is 35.4 Å². The minimum atomic E-state index is -2.87. The van der Waals surface area contributed by atoms with Crippen LogP contribution in [0.3, 0.4) is 0 Å². The molecule has 0 saturated heterocycles. The summed E-state index contributed by atoms with van der Waals surface area (Å²) in [5, 5.41) is 3.13. The Kier molecular flexibility index (Phi) is 6.32. The third-order valence-corrected chi connectivity index (χ3v) is 4.40. The van der Waals surface area contributed by atoms with E-state index >= 15 is 0 Å². The zero-order valence-corrected chi connectivity index (χ0v) is 11.8. The standard InChI is InChI=1S/C13H21NO3S/c1-3-18(15,16)9-8-14-10-12-4-6-13(7-5-12)11-17-2/h4-7,14H,3,8-11H2,1-2H3. The molecule has 1 aromatic rings. The number of sulfone groups is 1. The fraction of sp³-hybridized carbons (Fsp3) is 0.538. The summed E-state index contributed by atoms with van der Waals surface area (Å²) in [7, 11) is -1.20. The smallest absolute Gasteiger partial charge is 0.151 e. The summed E-state index contributed by atoms with van der Waals surface area (Å²) in [4.78, 5) is 0. The quantitative estimate of drug-likeness (QED) is 0.725. The normalized spacial score (nSPS) is 11.7. The number of hydrogen-bond donors (Lipinski definition) is 1. The van der Waals surface area contributed by atoms with Crippen LogP contribution in [0.4, 0.5) is 0 Å². The maximum atomic E-state index is 11.3. The lowest BCUT2D eigenvalue weighted by molar-refractivity contribution is 0.185. The van der Waals surface area contributed by atoms with Gasteiger partial charge in [-0.05, 0) is 11.1 Å². The van der Waals surface area contributed by atoms with Crippen LogP contribution in [0.1, 0.15) is 18.1 Å². The second-order valence-corrected chi connectivity index (χ2v) is 6.64. The molecule has 4 nitrogen and oxygen atoms in total. The summed E-state index contributed by atoms with van der Waals surface area (Å²) in [6, 6.07) is 8.08. The zero-order chi connectivity index (χ0) is 13.4. The summed E-state index contributed by atoms with van der Waals surface area (Å²) in [5.74, 6) is 0.408. The van der Waals surface area contributed by atoms with Crippen LogP contribution in [0, 0.1) is 0 Å². The van der Waals surface area contributed by atoms with Gasteiger partial charge in [-0.2, -0.15) is 0 Å². The second kappa shape index (κ2) is 7.51. The van der Waals surface area contributed by atoms with Crippen molar-refractivity contribution < 1.29 is 13.2 Å². The monoisotopic (exact) mass is 271 g/mol. The van der Waals surface area contributed by atoms with Gasteiger partial charge in [-0.1, -0.05) is 31.2 Å². The summed E-state index contributed by atoms with van der Waals surface area (Å²) in [6.07, 6.45) is 0. The van der Waals surface area contributed by atoms with Crippen LogP contribution in [0.15, 0.2) is 24.3 Å². The van der Waals surface area contributed by atoms with Crippen molar-refractivity contribution >= 4 is 9.84 Å². The van der Waals surface area contributed by atoms with E-state index < -0.39 is 9.84 Å². The minimum absolute atomic E-state index is 0.200. The Bertz CT molecular complexity index is 440. The number of methoxy groups -OCH3 is 1. The average Bonchev–Trinajstić information content (AvgIpc) is 2.37. The van der Waals surface area contributed by atoms with Gasteiger partial charge in [-0.3, -0.25) is 0 Å². The van der Waals surface area contributed by atoms with E-state index in [2.05, 4.69) is 5.32 Å². The van der Waals surface area contributed by atoms with Gasteiger partial charge in [-0.25, -0.2) is 8.42 Å². The fourth-order valence-electron chi connectivity index (χ4n) is 1.52. The first-order chi connectivity index (χ1) is 8.57. The van der Waals surface area contributed by atoms with Gasteiger partial charge in [0.15, 0.2) is 9.84 Å². The van der Waals surface area contributed by atoms with Crippen LogP contribution in [0.25, 0.3) is 0 Å². The van der Waals surface area contributed by atoms with E-state index in [9.17, 15) is 8.42 Å². The predicted molar refractivity (Wildman–Crippen MR) is 73.2 cm³/mol. The molecule has 0 bridgehead atoms. The molecular formula is C13H21NO3S. The van der Waals surface area contributed by atoms with Gasteiger partial charge in [0.25, 0.3) is 0 Å². The molecule has 0 aliphatic carbocycles. The number of benzene rings is 1. The Hall–Kier alpha value is -0.910. The lowest BCUT2D eigenvalue weighted by Gasteiger charge is -2.06. The molecule has 5 heteroatoms.